The first kappa shape index (κ1) is 20.8. The topological polar surface area (TPSA) is 116 Å². The summed E-state index contributed by atoms with van der Waals surface area (Å²) in [7, 11) is 4.48. The van der Waals surface area contributed by atoms with Crippen LogP contribution in [-0.4, -0.2) is 71.4 Å². The van der Waals surface area contributed by atoms with Crippen LogP contribution in [0.3, 0.4) is 0 Å². The van der Waals surface area contributed by atoms with E-state index in [1.54, 1.807) is 7.11 Å². The highest BCUT2D eigenvalue weighted by atomic mass is 16.6. The zero-order valence-electron chi connectivity index (χ0n) is 15.7. The van der Waals surface area contributed by atoms with Gasteiger partial charge in [-0.2, -0.15) is 0 Å². The minimum absolute atomic E-state index is 0.0834. The van der Waals surface area contributed by atoms with Gasteiger partial charge in [0, 0.05) is 21.2 Å². The van der Waals surface area contributed by atoms with Crippen LogP contribution in [-0.2, 0) is 44.4 Å². The SMILES string of the molecule is COCCOCCOCCOC(=O)Cn1cnc2c1c(=O)n(C)c(=O)n2C. The third kappa shape index (κ3) is 5.25. The van der Waals surface area contributed by atoms with Crippen LogP contribution >= 0.6 is 0 Å². The molecule has 0 aromatic carbocycles. The highest BCUT2D eigenvalue weighted by Gasteiger charge is 2.16. The predicted octanol–water partition coefficient (Wildman–Crippen LogP) is -1.34. The monoisotopic (exact) mass is 384 g/mol. The average Bonchev–Trinajstić information content (AvgIpc) is 3.07. The lowest BCUT2D eigenvalue weighted by Gasteiger charge is -2.08. The Kier molecular flexibility index (Phi) is 7.70. The highest BCUT2D eigenvalue weighted by Crippen LogP contribution is 2.05. The molecule has 0 spiro atoms. The maximum absolute atomic E-state index is 12.3. The van der Waals surface area contributed by atoms with E-state index in [9.17, 15) is 14.4 Å². The van der Waals surface area contributed by atoms with Crippen LogP contribution in [0.5, 0.6) is 0 Å². The van der Waals surface area contributed by atoms with Crippen LogP contribution in [0.1, 0.15) is 0 Å². The van der Waals surface area contributed by atoms with Crippen molar-refractivity contribution < 1.29 is 23.7 Å². The summed E-state index contributed by atoms with van der Waals surface area (Å²) >= 11 is 0. The van der Waals surface area contributed by atoms with Gasteiger partial charge in [-0.15, -0.1) is 0 Å². The van der Waals surface area contributed by atoms with E-state index in [2.05, 4.69) is 4.98 Å². The van der Waals surface area contributed by atoms with E-state index in [-0.39, 0.29) is 30.9 Å². The number of nitrogens with zero attached hydrogens (tertiary/aromatic N) is 4. The number of rotatable bonds is 11. The molecule has 0 aliphatic rings. The van der Waals surface area contributed by atoms with Gasteiger partial charge in [-0.3, -0.25) is 18.7 Å². The van der Waals surface area contributed by atoms with Crippen molar-refractivity contribution in [2.24, 2.45) is 14.1 Å². The molecule has 0 radical (unpaired) electrons. The molecule has 27 heavy (non-hydrogen) atoms. The summed E-state index contributed by atoms with van der Waals surface area (Å²) in [5, 5.41) is 0. The predicted molar refractivity (Wildman–Crippen MR) is 94.7 cm³/mol. The quantitative estimate of drug-likeness (QED) is 0.345. The second kappa shape index (κ2) is 10.00. The van der Waals surface area contributed by atoms with E-state index in [1.165, 1.54) is 29.6 Å². The number of hydrogen-bond acceptors (Lipinski definition) is 8. The number of fused-ring (bicyclic) bond motifs is 1. The molecular formula is C16H24N4O7. The number of aryl methyl sites for hydroxylation is 1. The summed E-state index contributed by atoms with van der Waals surface area (Å²) in [5.41, 5.74) is -0.618. The number of ether oxygens (including phenoxy) is 4. The molecule has 0 atom stereocenters. The van der Waals surface area contributed by atoms with Gasteiger partial charge in [-0.25, -0.2) is 9.78 Å². The molecule has 0 amide bonds. The zero-order chi connectivity index (χ0) is 19.8. The fourth-order valence-electron chi connectivity index (χ4n) is 2.38. The van der Waals surface area contributed by atoms with Crippen LogP contribution in [0.15, 0.2) is 15.9 Å². The van der Waals surface area contributed by atoms with Crippen molar-refractivity contribution in [3.8, 4) is 0 Å². The maximum atomic E-state index is 12.3. The van der Waals surface area contributed by atoms with Crippen molar-refractivity contribution in [1.29, 1.82) is 0 Å². The number of carbonyl (C=O) groups is 1. The molecule has 0 unspecified atom stereocenters. The van der Waals surface area contributed by atoms with E-state index in [4.69, 9.17) is 18.9 Å². The van der Waals surface area contributed by atoms with E-state index in [0.717, 1.165) is 4.57 Å². The van der Waals surface area contributed by atoms with E-state index < -0.39 is 17.2 Å². The Morgan fingerprint density at radius 1 is 1.00 bits per heavy atom. The summed E-state index contributed by atoms with van der Waals surface area (Å²) in [4.78, 5) is 40.2. The molecule has 0 saturated carbocycles. The first-order valence-corrected chi connectivity index (χ1v) is 8.38. The lowest BCUT2D eigenvalue weighted by atomic mass is 10.5. The molecule has 11 heteroatoms. The van der Waals surface area contributed by atoms with Crippen LogP contribution < -0.4 is 11.2 Å². The van der Waals surface area contributed by atoms with Crippen molar-refractivity contribution >= 4 is 17.1 Å². The Morgan fingerprint density at radius 3 is 2.30 bits per heavy atom. The van der Waals surface area contributed by atoms with Crippen molar-refractivity contribution in [2.45, 2.75) is 6.54 Å². The lowest BCUT2D eigenvalue weighted by Crippen LogP contribution is -2.37. The number of esters is 1. The summed E-state index contributed by atoms with van der Waals surface area (Å²) in [6, 6.07) is 0. The number of aromatic nitrogens is 4. The zero-order valence-corrected chi connectivity index (χ0v) is 15.7. The molecule has 2 aromatic heterocycles. The largest absolute Gasteiger partial charge is 0.462 e. The molecule has 2 aromatic rings. The van der Waals surface area contributed by atoms with Gasteiger partial charge < -0.3 is 23.5 Å². The molecule has 2 rings (SSSR count). The summed E-state index contributed by atoms with van der Waals surface area (Å²) in [5.74, 6) is -0.537. The molecule has 150 valence electrons. The third-order valence-corrected chi connectivity index (χ3v) is 3.81. The van der Waals surface area contributed by atoms with Crippen LogP contribution in [0.25, 0.3) is 11.2 Å². The molecule has 0 bridgehead atoms. The van der Waals surface area contributed by atoms with Gasteiger partial charge in [0.15, 0.2) is 11.2 Å². The Balaban J connectivity index is 1.82. The molecule has 0 saturated heterocycles. The van der Waals surface area contributed by atoms with Gasteiger partial charge in [-0.1, -0.05) is 0 Å². The molecule has 0 fully saturated rings. The molecule has 0 N–H and O–H groups in total. The fourth-order valence-corrected chi connectivity index (χ4v) is 2.38. The van der Waals surface area contributed by atoms with Crippen LogP contribution in [0.4, 0.5) is 0 Å². The first-order valence-electron chi connectivity index (χ1n) is 8.38. The van der Waals surface area contributed by atoms with Crippen LogP contribution in [0, 0.1) is 0 Å². The molecule has 0 aliphatic carbocycles. The number of hydrogen-bond donors (Lipinski definition) is 0. The van der Waals surface area contributed by atoms with Crippen molar-refractivity contribution in [3.63, 3.8) is 0 Å². The third-order valence-electron chi connectivity index (χ3n) is 3.81. The Morgan fingerprint density at radius 2 is 1.63 bits per heavy atom. The van der Waals surface area contributed by atoms with Crippen molar-refractivity contribution in [2.75, 3.05) is 46.8 Å². The van der Waals surface area contributed by atoms with Gasteiger partial charge in [0.05, 0.1) is 39.4 Å². The standard InChI is InChI=1S/C16H24N4O7/c1-18-14-13(15(22)19(2)16(18)23)20(11-17-14)10-12(21)27-9-8-26-7-6-25-5-4-24-3/h11H,4-10H2,1-3H3. The molecule has 11 nitrogen and oxygen atoms in total. The van der Waals surface area contributed by atoms with Crippen molar-refractivity contribution in [1.82, 2.24) is 18.7 Å². The van der Waals surface area contributed by atoms with E-state index in [0.29, 0.717) is 26.4 Å². The van der Waals surface area contributed by atoms with Gasteiger partial charge >= 0.3 is 11.7 Å². The van der Waals surface area contributed by atoms with E-state index >= 15 is 0 Å². The van der Waals surface area contributed by atoms with Gasteiger partial charge in [-0.05, 0) is 0 Å². The van der Waals surface area contributed by atoms with Gasteiger partial charge in [0.25, 0.3) is 5.56 Å². The summed E-state index contributed by atoms with van der Waals surface area (Å²) in [6.45, 7) is 1.97. The summed E-state index contributed by atoms with van der Waals surface area (Å²) in [6.07, 6.45) is 1.33. The first-order chi connectivity index (χ1) is 13.0. The van der Waals surface area contributed by atoms with Gasteiger partial charge in [0.2, 0.25) is 0 Å². The minimum atomic E-state index is -0.537. The Labute approximate surface area is 155 Å². The van der Waals surface area contributed by atoms with Crippen molar-refractivity contribution in [3.05, 3.63) is 27.2 Å². The fraction of sp³-hybridized carbons (Fsp3) is 0.625. The summed E-state index contributed by atoms with van der Waals surface area (Å²) < 4.78 is 24.0. The smallest absolute Gasteiger partial charge is 0.332 e. The van der Waals surface area contributed by atoms with Gasteiger partial charge in [0.1, 0.15) is 13.2 Å². The Bertz CT molecular complexity index is 883. The normalized spacial score (nSPS) is 11.2. The maximum Gasteiger partial charge on any atom is 0.332 e. The number of carbonyl (C=O) groups excluding carboxylic acids is 1. The molecular weight excluding hydrogens is 360 g/mol. The molecule has 2 heterocycles. The minimum Gasteiger partial charge on any atom is -0.462 e. The van der Waals surface area contributed by atoms with Crippen LogP contribution in [0.2, 0.25) is 0 Å². The number of imidazole rings is 1. The molecule has 0 aliphatic heterocycles. The lowest BCUT2D eigenvalue weighted by molar-refractivity contribution is -0.146. The van der Waals surface area contributed by atoms with E-state index in [1.807, 2.05) is 0 Å². The average molecular weight is 384 g/mol. The second-order valence-electron chi connectivity index (χ2n) is 5.69. The Hall–Kier alpha value is -2.50. The highest BCUT2D eigenvalue weighted by molar-refractivity contribution is 5.75. The number of methoxy groups -OCH3 is 1. The second-order valence-corrected chi connectivity index (χ2v) is 5.69.